The Morgan fingerprint density at radius 3 is 2.83 bits per heavy atom. The molecule has 68 valence electrons. The van der Waals surface area contributed by atoms with Crippen molar-refractivity contribution in [1.82, 2.24) is 5.32 Å². The third kappa shape index (κ3) is 1.59. The molecule has 1 N–H and O–H groups in total. The molecule has 2 aliphatic heterocycles. The topological polar surface area (TPSA) is 47.6 Å². The van der Waals surface area contributed by atoms with E-state index in [1.807, 2.05) is 0 Å². The van der Waals surface area contributed by atoms with Crippen LogP contribution in [0.1, 0.15) is 12.8 Å². The average molecular weight is 171 g/mol. The summed E-state index contributed by atoms with van der Waals surface area (Å²) in [5, 5.41) is 3.09. The van der Waals surface area contributed by atoms with Gasteiger partial charge in [-0.05, 0) is 19.4 Å². The molecule has 0 saturated carbocycles. The Balaban J connectivity index is 1.74. The van der Waals surface area contributed by atoms with E-state index in [0.29, 0.717) is 13.2 Å². The normalized spacial score (nSPS) is 29.8. The number of hydrogen-bond acceptors (Lipinski definition) is 4. The van der Waals surface area contributed by atoms with Crippen LogP contribution < -0.4 is 5.32 Å². The van der Waals surface area contributed by atoms with E-state index >= 15 is 0 Å². The van der Waals surface area contributed by atoms with Crippen LogP contribution >= 0.6 is 0 Å². The Kier molecular flexibility index (Phi) is 2.28. The van der Waals surface area contributed by atoms with Crippen molar-refractivity contribution in [3.05, 3.63) is 0 Å². The summed E-state index contributed by atoms with van der Waals surface area (Å²) in [6.45, 7) is 2.07. The van der Waals surface area contributed by atoms with Crippen LogP contribution in [0.3, 0.4) is 0 Å². The maximum absolute atomic E-state index is 11.3. The van der Waals surface area contributed by atoms with Gasteiger partial charge in [0, 0.05) is 0 Å². The maximum Gasteiger partial charge on any atom is 0.323 e. The lowest BCUT2D eigenvalue weighted by Crippen LogP contribution is -2.42. The summed E-state index contributed by atoms with van der Waals surface area (Å²) in [5.41, 5.74) is 0. The molecule has 4 nitrogen and oxygen atoms in total. The molecule has 0 unspecified atom stereocenters. The lowest BCUT2D eigenvalue weighted by molar-refractivity contribution is -0.174. The number of carbonyl (C=O) groups is 1. The first kappa shape index (κ1) is 8.01. The van der Waals surface area contributed by atoms with Crippen molar-refractivity contribution in [3.63, 3.8) is 0 Å². The number of esters is 1. The molecule has 0 amide bonds. The van der Waals surface area contributed by atoms with Crippen LogP contribution in [0.25, 0.3) is 0 Å². The van der Waals surface area contributed by atoms with E-state index in [4.69, 9.17) is 9.47 Å². The van der Waals surface area contributed by atoms with Crippen LogP contribution in [0.5, 0.6) is 0 Å². The van der Waals surface area contributed by atoms with E-state index in [9.17, 15) is 4.79 Å². The second-order valence-corrected chi connectivity index (χ2v) is 3.25. The number of nitrogens with one attached hydrogen (secondary N) is 1. The van der Waals surface area contributed by atoms with Crippen LogP contribution in [0.2, 0.25) is 0 Å². The minimum Gasteiger partial charge on any atom is -0.456 e. The van der Waals surface area contributed by atoms with Crippen molar-refractivity contribution in [2.45, 2.75) is 25.0 Å². The highest BCUT2D eigenvalue weighted by molar-refractivity contribution is 5.76. The van der Waals surface area contributed by atoms with Crippen LogP contribution in [0.4, 0.5) is 0 Å². The Morgan fingerprint density at radius 2 is 2.33 bits per heavy atom. The highest BCUT2D eigenvalue weighted by Crippen LogP contribution is 2.11. The van der Waals surface area contributed by atoms with E-state index in [2.05, 4.69) is 5.32 Å². The highest BCUT2D eigenvalue weighted by Gasteiger charge is 2.29. The summed E-state index contributed by atoms with van der Waals surface area (Å²) in [4.78, 5) is 11.3. The largest absolute Gasteiger partial charge is 0.456 e. The van der Waals surface area contributed by atoms with Crippen molar-refractivity contribution in [2.75, 3.05) is 19.8 Å². The fourth-order valence-electron chi connectivity index (χ4n) is 1.41. The second kappa shape index (κ2) is 3.41. The smallest absolute Gasteiger partial charge is 0.323 e. The van der Waals surface area contributed by atoms with Crippen LogP contribution in [-0.2, 0) is 14.3 Å². The van der Waals surface area contributed by atoms with Gasteiger partial charge < -0.3 is 14.8 Å². The molecule has 0 radical (unpaired) electrons. The fourth-order valence-corrected chi connectivity index (χ4v) is 1.41. The van der Waals surface area contributed by atoms with Gasteiger partial charge in [0.2, 0.25) is 0 Å². The van der Waals surface area contributed by atoms with Crippen molar-refractivity contribution >= 4 is 5.97 Å². The average Bonchev–Trinajstić information content (AvgIpc) is 2.47. The van der Waals surface area contributed by atoms with Gasteiger partial charge in [0.1, 0.15) is 12.1 Å². The zero-order valence-electron chi connectivity index (χ0n) is 6.91. The van der Waals surface area contributed by atoms with Gasteiger partial charge in [-0.1, -0.05) is 0 Å². The molecule has 4 heteroatoms. The first-order chi connectivity index (χ1) is 5.86. The van der Waals surface area contributed by atoms with E-state index in [-0.39, 0.29) is 18.1 Å². The van der Waals surface area contributed by atoms with E-state index in [1.54, 1.807) is 0 Å². The minimum absolute atomic E-state index is 0.0138. The molecule has 2 saturated heterocycles. The number of ether oxygens (including phenoxy) is 2. The third-order valence-corrected chi connectivity index (χ3v) is 2.24. The Labute approximate surface area is 71.2 Å². The lowest BCUT2D eigenvalue weighted by Gasteiger charge is -2.26. The highest BCUT2D eigenvalue weighted by atomic mass is 16.6. The van der Waals surface area contributed by atoms with E-state index in [1.165, 1.54) is 0 Å². The molecule has 12 heavy (non-hydrogen) atoms. The molecule has 2 fully saturated rings. The number of rotatable bonds is 2. The second-order valence-electron chi connectivity index (χ2n) is 3.25. The van der Waals surface area contributed by atoms with Gasteiger partial charge in [-0.3, -0.25) is 4.79 Å². The van der Waals surface area contributed by atoms with Crippen molar-refractivity contribution in [2.24, 2.45) is 0 Å². The Morgan fingerprint density at radius 1 is 1.50 bits per heavy atom. The standard InChI is InChI=1S/C8H13NO3/c10-8(7-2-1-3-9-7)12-6-4-11-5-6/h6-7,9H,1-5H2/t7-/m0/s1. The third-order valence-electron chi connectivity index (χ3n) is 2.24. The Bertz CT molecular complexity index is 173. The summed E-state index contributed by atoms with van der Waals surface area (Å²) >= 11 is 0. The van der Waals surface area contributed by atoms with Crippen molar-refractivity contribution in [3.8, 4) is 0 Å². The van der Waals surface area contributed by atoms with E-state index in [0.717, 1.165) is 19.4 Å². The van der Waals surface area contributed by atoms with Gasteiger partial charge in [-0.2, -0.15) is 0 Å². The van der Waals surface area contributed by atoms with Gasteiger partial charge >= 0.3 is 5.97 Å². The molecule has 0 aliphatic carbocycles. The summed E-state index contributed by atoms with van der Waals surface area (Å²) in [6.07, 6.45) is 1.99. The molecule has 2 aliphatic rings. The van der Waals surface area contributed by atoms with Crippen LogP contribution in [-0.4, -0.2) is 37.9 Å². The number of carbonyl (C=O) groups excluding carboxylic acids is 1. The summed E-state index contributed by atoms with van der Waals surface area (Å²) in [5.74, 6) is -0.110. The monoisotopic (exact) mass is 171 g/mol. The van der Waals surface area contributed by atoms with Gasteiger partial charge in [0.15, 0.2) is 0 Å². The first-order valence-corrected chi connectivity index (χ1v) is 4.38. The molecule has 1 atom stereocenters. The molecule has 0 bridgehead atoms. The van der Waals surface area contributed by atoms with Crippen molar-refractivity contribution < 1.29 is 14.3 Å². The van der Waals surface area contributed by atoms with Gasteiger partial charge in [-0.15, -0.1) is 0 Å². The fraction of sp³-hybridized carbons (Fsp3) is 0.875. The minimum atomic E-state index is -0.110. The zero-order valence-corrected chi connectivity index (χ0v) is 6.91. The van der Waals surface area contributed by atoms with Crippen LogP contribution in [0.15, 0.2) is 0 Å². The SMILES string of the molecule is O=C(OC1COC1)[C@@H]1CCCN1. The Hall–Kier alpha value is -0.610. The zero-order chi connectivity index (χ0) is 8.39. The van der Waals surface area contributed by atoms with E-state index < -0.39 is 0 Å². The summed E-state index contributed by atoms with van der Waals surface area (Å²) in [6, 6.07) is -0.0643. The molecule has 2 heterocycles. The maximum atomic E-state index is 11.3. The molecule has 0 aromatic rings. The molecular weight excluding hydrogens is 158 g/mol. The molecule has 0 aromatic heterocycles. The predicted molar refractivity (Wildman–Crippen MR) is 41.7 cm³/mol. The van der Waals surface area contributed by atoms with Gasteiger partial charge in [-0.25, -0.2) is 0 Å². The first-order valence-electron chi connectivity index (χ1n) is 4.38. The molecular formula is C8H13NO3. The molecule has 0 spiro atoms. The predicted octanol–water partition coefficient (Wildman–Crippen LogP) is -0.320. The van der Waals surface area contributed by atoms with Crippen molar-refractivity contribution in [1.29, 1.82) is 0 Å². The van der Waals surface area contributed by atoms with Gasteiger partial charge in [0.05, 0.1) is 13.2 Å². The van der Waals surface area contributed by atoms with Gasteiger partial charge in [0.25, 0.3) is 0 Å². The van der Waals surface area contributed by atoms with Crippen LogP contribution in [0, 0.1) is 0 Å². The summed E-state index contributed by atoms with van der Waals surface area (Å²) in [7, 11) is 0. The number of hydrogen-bond donors (Lipinski definition) is 1. The molecule has 2 rings (SSSR count). The quantitative estimate of drug-likeness (QED) is 0.578. The summed E-state index contributed by atoms with van der Waals surface area (Å²) < 4.78 is 10.0. The molecule has 0 aromatic carbocycles. The lowest BCUT2D eigenvalue weighted by atomic mass is 10.2.